The first-order chi connectivity index (χ1) is 11.9. The summed E-state index contributed by atoms with van der Waals surface area (Å²) in [7, 11) is 0. The summed E-state index contributed by atoms with van der Waals surface area (Å²) < 4.78 is 0. The van der Waals surface area contributed by atoms with Gasteiger partial charge >= 0.3 is 0 Å². The molecule has 1 atom stereocenters. The lowest BCUT2D eigenvalue weighted by molar-refractivity contribution is -0.124. The lowest BCUT2D eigenvalue weighted by atomic mass is 10.0. The lowest BCUT2D eigenvalue weighted by Crippen LogP contribution is -2.49. The van der Waals surface area contributed by atoms with E-state index in [-0.39, 0.29) is 17.7 Å². The molecule has 0 spiro atoms. The Morgan fingerprint density at radius 1 is 1.00 bits per heavy atom. The predicted octanol–water partition coefficient (Wildman–Crippen LogP) is 4.06. The van der Waals surface area contributed by atoms with Crippen LogP contribution in [0.3, 0.4) is 0 Å². The minimum Gasteiger partial charge on any atom is -0.350 e. The van der Waals surface area contributed by atoms with E-state index < -0.39 is 6.04 Å². The SMILES string of the molecule is CC(C)C(NC(=O)c1ccccc1Cl)C(=O)NCc1ccc(Cl)cc1. The average molecular weight is 379 g/mol. The summed E-state index contributed by atoms with van der Waals surface area (Å²) in [5.41, 5.74) is 1.28. The van der Waals surface area contributed by atoms with Crippen LogP contribution in [0.4, 0.5) is 0 Å². The molecule has 0 saturated carbocycles. The van der Waals surface area contributed by atoms with Gasteiger partial charge in [0, 0.05) is 11.6 Å². The smallest absolute Gasteiger partial charge is 0.253 e. The number of carbonyl (C=O) groups excluding carboxylic acids is 2. The van der Waals surface area contributed by atoms with Crippen LogP contribution >= 0.6 is 23.2 Å². The first kappa shape index (κ1) is 19.3. The molecule has 0 aliphatic heterocycles. The van der Waals surface area contributed by atoms with Gasteiger partial charge in [0.25, 0.3) is 5.91 Å². The number of rotatable bonds is 6. The zero-order valence-corrected chi connectivity index (χ0v) is 15.6. The van der Waals surface area contributed by atoms with Gasteiger partial charge in [0.15, 0.2) is 0 Å². The Hall–Kier alpha value is -2.04. The molecule has 6 heteroatoms. The first-order valence-corrected chi connectivity index (χ1v) is 8.71. The van der Waals surface area contributed by atoms with Gasteiger partial charge in [-0.3, -0.25) is 9.59 Å². The fourth-order valence-corrected chi connectivity index (χ4v) is 2.65. The number of benzene rings is 2. The summed E-state index contributed by atoms with van der Waals surface area (Å²) in [6.45, 7) is 4.11. The third-order valence-electron chi connectivity index (χ3n) is 3.73. The van der Waals surface area contributed by atoms with Gasteiger partial charge < -0.3 is 10.6 Å². The monoisotopic (exact) mass is 378 g/mol. The molecule has 2 rings (SSSR count). The minimum atomic E-state index is -0.656. The van der Waals surface area contributed by atoms with Crippen LogP contribution in [0.15, 0.2) is 48.5 Å². The van der Waals surface area contributed by atoms with E-state index in [0.29, 0.717) is 22.2 Å². The number of carbonyl (C=O) groups is 2. The van der Waals surface area contributed by atoms with E-state index in [4.69, 9.17) is 23.2 Å². The van der Waals surface area contributed by atoms with Crippen LogP contribution in [0.1, 0.15) is 29.8 Å². The van der Waals surface area contributed by atoms with Gasteiger partial charge in [0.2, 0.25) is 5.91 Å². The number of amides is 2. The quantitative estimate of drug-likeness (QED) is 0.795. The van der Waals surface area contributed by atoms with Crippen molar-refractivity contribution in [1.29, 1.82) is 0 Å². The second-order valence-corrected chi connectivity index (χ2v) is 6.86. The zero-order valence-electron chi connectivity index (χ0n) is 14.1. The van der Waals surface area contributed by atoms with Gasteiger partial charge in [-0.25, -0.2) is 0 Å². The normalized spacial score (nSPS) is 11.9. The highest BCUT2D eigenvalue weighted by Gasteiger charge is 2.25. The van der Waals surface area contributed by atoms with Crippen LogP contribution in [-0.2, 0) is 11.3 Å². The molecule has 4 nitrogen and oxygen atoms in total. The van der Waals surface area contributed by atoms with Crippen molar-refractivity contribution in [3.05, 3.63) is 69.7 Å². The molecule has 0 aliphatic carbocycles. The van der Waals surface area contributed by atoms with Gasteiger partial charge in [0.05, 0.1) is 10.6 Å². The van der Waals surface area contributed by atoms with Crippen LogP contribution in [0, 0.1) is 5.92 Å². The molecule has 25 heavy (non-hydrogen) atoms. The Balaban J connectivity index is 2.01. The maximum Gasteiger partial charge on any atom is 0.253 e. The molecule has 2 amide bonds. The molecule has 2 aromatic carbocycles. The van der Waals surface area contributed by atoms with Crippen molar-refractivity contribution < 1.29 is 9.59 Å². The highest BCUT2D eigenvalue weighted by Crippen LogP contribution is 2.15. The van der Waals surface area contributed by atoms with Gasteiger partial charge in [-0.1, -0.05) is 61.3 Å². The number of halogens is 2. The Kier molecular flexibility index (Phi) is 6.85. The molecule has 0 radical (unpaired) electrons. The summed E-state index contributed by atoms with van der Waals surface area (Å²) in [6.07, 6.45) is 0. The number of nitrogens with one attached hydrogen (secondary N) is 2. The molecule has 132 valence electrons. The Bertz CT molecular complexity index is 745. The van der Waals surface area contributed by atoms with Gasteiger partial charge in [-0.15, -0.1) is 0 Å². The van der Waals surface area contributed by atoms with Crippen LogP contribution in [0.2, 0.25) is 10.0 Å². The van der Waals surface area contributed by atoms with Crippen molar-refractivity contribution >= 4 is 35.0 Å². The van der Waals surface area contributed by atoms with Crippen LogP contribution in [-0.4, -0.2) is 17.9 Å². The van der Waals surface area contributed by atoms with E-state index >= 15 is 0 Å². The second-order valence-electron chi connectivity index (χ2n) is 6.02. The largest absolute Gasteiger partial charge is 0.350 e. The summed E-state index contributed by atoms with van der Waals surface area (Å²) >= 11 is 11.9. The Morgan fingerprint density at radius 2 is 1.64 bits per heavy atom. The maximum absolute atomic E-state index is 12.5. The molecule has 2 aromatic rings. The molecule has 2 N–H and O–H groups in total. The van der Waals surface area contributed by atoms with Crippen molar-refractivity contribution in [2.75, 3.05) is 0 Å². The third-order valence-corrected chi connectivity index (χ3v) is 4.32. The molecule has 0 aliphatic rings. The van der Waals surface area contributed by atoms with Crippen LogP contribution < -0.4 is 10.6 Å². The second kappa shape index (κ2) is 8.88. The van der Waals surface area contributed by atoms with E-state index in [1.165, 1.54) is 0 Å². The van der Waals surface area contributed by atoms with Crippen LogP contribution in [0.5, 0.6) is 0 Å². The molecular formula is C19H20Cl2N2O2. The third kappa shape index (κ3) is 5.48. The Morgan fingerprint density at radius 3 is 2.24 bits per heavy atom. The highest BCUT2D eigenvalue weighted by atomic mass is 35.5. The molecular weight excluding hydrogens is 359 g/mol. The van der Waals surface area contributed by atoms with Crippen LogP contribution in [0.25, 0.3) is 0 Å². The first-order valence-electron chi connectivity index (χ1n) is 7.96. The maximum atomic E-state index is 12.5. The van der Waals surface area contributed by atoms with Crippen molar-refractivity contribution in [3.63, 3.8) is 0 Å². The summed E-state index contributed by atoms with van der Waals surface area (Å²) in [5, 5.41) is 6.60. The molecule has 0 aromatic heterocycles. The summed E-state index contributed by atoms with van der Waals surface area (Å²) in [5.74, 6) is -0.687. The molecule has 0 bridgehead atoms. The molecule has 1 unspecified atom stereocenters. The molecule has 0 heterocycles. The predicted molar refractivity (Wildman–Crippen MR) is 101 cm³/mol. The van der Waals surface area contributed by atoms with Crippen molar-refractivity contribution in [3.8, 4) is 0 Å². The lowest BCUT2D eigenvalue weighted by Gasteiger charge is -2.22. The van der Waals surface area contributed by atoms with Crippen molar-refractivity contribution in [2.24, 2.45) is 5.92 Å². The van der Waals surface area contributed by atoms with E-state index in [0.717, 1.165) is 5.56 Å². The average Bonchev–Trinajstić information content (AvgIpc) is 2.58. The molecule has 0 fully saturated rings. The van der Waals surface area contributed by atoms with Gasteiger partial charge in [-0.05, 0) is 35.7 Å². The van der Waals surface area contributed by atoms with Crippen molar-refractivity contribution in [2.45, 2.75) is 26.4 Å². The Labute approximate surface area is 157 Å². The number of hydrogen-bond donors (Lipinski definition) is 2. The van der Waals surface area contributed by atoms with E-state index in [1.54, 1.807) is 36.4 Å². The van der Waals surface area contributed by atoms with E-state index in [1.807, 2.05) is 26.0 Å². The summed E-state index contributed by atoms with van der Waals surface area (Å²) in [4.78, 5) is 24.9. The standard InChI is InChI=1S/C19H20Cl2N2O2/c1-12(2)17(23-18(24)15-5-3-4-6-16(15)21)19(25)22-11-13-7-9-14(20)10-8-13/h3-10,12,17H,11H2,1-2H3,(H,22,25)(H,23,24). The number of hydrogen-bond acceptors (Lipinski definition) is 2. The fourth-order valence-electron chi connectivity index (χ4n) is 2.30. The van der Waals surface area contributed by atoms with E-state index in [2.05, 4.69) is 10.6 Å². The van der Waals surface area contributed by atoms with E-state index in [9.17, 15) is 9.59 Å². The fraction of sp³-hybridized carbons (Fsp3) is 0.263. The van der Waals surface area contributed by atoms with Gasteiger partial charge in [-0.2, -0.15) is 0 Å². The van der Waals surface area contributed by atoms with Crippen molar-refractivity contribution in [1.82, 2.24) is 10.6 Å². The summed E-state index contributed by atoms with van der Waals surface area (Å²) in [6, 6.07) is 13.3. The molecule has 0 saturated heterocycles. The zero-order chi connectivity index (χ0) is 18.4. The highest BCUT2D eigenvalue weighted by molar-refractivity contribution is 6.33. The minimum absolute atomic E-state index is 0.0725. The topological polar surface area (TPSA) is 58.2 Å². The van der Waals surface area contributed by atoms with Gasteiger partial charge in [0.1, 0.15) is 6.04 Å².